The van der Waals surface area contributed by atoms with E-state index in [1.54, 1.807) is 4.88 Å². The molecule has 0 unspecified atom stereocenters. The molecule has 2 aromatic rings. The summed E-state index contributed by atoms with van der Waals surface area (Å²) in [5.74, 6) is 0. The van der Waals surface area contributed by atoms with Gasteiger partial charge in [-0.1, -0.05) is 18.2 Å². The van der Waals surface area contributed by atoms with Crippen molar-refractivity contribution in [1.29, 1.82) is 0 Å². The molecule has 0 atom stereocenters. The Labute approximate surface area is 93.9 Å². The normalized spacial score (nSPS) is 18.2. The van der Waals surface area contributed by atoms with Crippen molar-refractivity contribution in [2.24, 2.45) is 5.73 Å². The Bertz CT molecular complexity index is 449. The molecule has 1 aliphatic carbocycles. The molecule has 1 aromatic carbocycles. The zero-order chi connectivity index (χ0) is 10.3. The minimum absolute atomic E-state index is 0.457. The van der Waals surface area contributed by atoms with Crippen LogP contribution in [0.2, 0.25) is 0 Å². The van der Waals surface area contributed by atoms with Crippen LogP contribution in [0, 0.1) is 0 Å². The largest absolute Gasteiger partial charge is 0.330 e. The average molecular weight is 217 g/mol. The van der Waals surface area contributed by atoms with E-state index in [9.17, 15) is 0 Å². The first-order valence-corrected chi connectivity index (χ1v) is 6.35. The highest BCUT2D eigenvalue weighted by atomic mass is 32.1. The maximum Gasteiger partial charge on any atom is 0.0345 e. The van der Waals surface area contributed by atoms with Crippen LogP contribution in [0.3, 0.4) is 0 Å². The van der Waals surface area contributed by atoms with E-state index < -0.39 is 0 Å². The summed E-state index contributed by atoms with van der Waals surface area (Å²) in [5.41, 5.74) is 6.15. The molecule has 0 radical (unpaired) electrons. The smallest absolute Gasteiger partial charge is 0.0345 e. The van der Waals surface area contributed by atoms with Crippen molar-refractivity contribution >= 4 is 21.4 Å². The van der Waals surface area contributed by atoms with E-state index >= 15 is 0 Å². The fourth-order valence-corrected chi connectivity index (χ4v) is 3.63. The molecule has 0 aliphatic heterocycles. The van der Waals surface area contributed by atoms with E-state index in [0.29, 0.717) is 5.41 Å². The van der Waals surface area contributed by atoms with Gasteiger partial charge in [-0.15, -0.1) is 11.3 Å². The maximum absolute atomic E-state index is 5.69. The van der Waals surface area contributed by atoms with Gasteiger partial charge in [-0.25, -0.2) is 0 Å². The van der Waals surface area contributed by atoms with Gasteiger partial charge in [-0.3, -0.25) is 0 Å². The molecule has 0 saturated heterocycles. The highest BCUT2D eigenvalue weighted by Gasteiger charge is 2.44. The van der Waals surface area contributed by atoms with Gasteiger partial charge in [0.05, 0.1) is 0 Å². The number of fused-ring (bicyclic) bond motifs is 1. The van der Waals surface area contributed by atoms with Gasteiger partial charge in [-0.2, -0.15) is 0 Å². The highest BCUT2D eigenvalue weighted by Crippen LogP contribution is 2.53. The lowest BCUT2D eigenvalue weighted by atomic mass is 10.0. The van der Waals surface area contributed by atoms with Gasteiger partial charge < -0.3 is 5.73 Å². The molecule has 2 N–H and O–H groups in total. The van der Waals surface area contributed by atoms with Gasteiger partial charge >= 0.3 is 0 Å². The van der Waals surface area contributed by atoms with Crippen LogP contribution < -0.4 is 5.73 Å². The van der Waals surface area contributed by atoms with E-state index in [0.717, 1.165) is 13.0 Å². The van der Waals surface area contributed by atoms with Crippen LogP contribution in [0.4, 0.5) is 0 Å². The third-order valence-electron chi connectivity index (χ3n) is 3.42. The van der Waals surface area contributed by atoms with Crippen LogP contribution in [-0.2, 0) is 5.41 Å². The number of hydrogen-bond acceptors (Lipinski definition) is 2. The summed E-state index contributed by atoms with van der Waals surface area (Å²) in [6.07, 6.45) is 3.81. The Hall–Kier alpha value is -0.860. The van der Waals surface area contributed by atoms with Crippen molar-refractivity contribution in [3.63, 3.8) is 0 Å². The van der Waals surface area contributed by atoms with Crippen LogP contribution in [0.5, 0.6) is 0 Å². The first-order chi connectivity index (χ1) is 7.34. The first kappa shape index (κ1) is 9.37. The lowest BCUT2D eigenvalue weighted by Gasteiger charge is -2.10. The van der Waals surface area contributed by atoms with Crippen LogP contribution in [0.1, 0.15) is 24.1 Å². The van der Waals surface area contributed by atoms with Crippen molar-refractivity contribution in [3.05, 3.63) is 35.2 Å². The molecular weight excluding hydrogens is 202 g/mol. The Kier molecular flexibility index (Phi) is 2.08. The molecule has 1 aromatic heterocycles. The van der Waals surface area contributed by atoms with Gasteiger partial charge in [0.25, 0.3) is 0 Å². The van der Waals surface area contributed by atoms with Crippen molar-refractivity contribution in [2.75, 3.05) is 6.54 Å². The lowest BCUT2D eigenvalue weighted by molar-refractivity contribution is 0.641. The summed E-state index contributed by atoms with van der Waals surface area (Å²) in [7, 11) is 0. The molecule has 1 aliphatic rings. The molecule has 1 heterocycles. The van der Waals surface area contributed by atoms with Gasteiger partial charge in [0, 0.05) is 15.0 Å². The van der Waals surface area contributed by atoms with Gasteiger partial charge in [-0.05, 0) is 43.3 Å². The highest BCUT2D eigenvalue weighted by molar-refractivity contribution is 7.19. The summed E-state index contributed by atoms with van der Waals surface area (Å²) >= 11 is 1.95. The second-order valence-corrected chi connectivity index (χ2v) is 5.55. The lowest BCUT2D eigenvalue weighted by Crippen LogP contribution is -2.11. The quantitative estimate of drug-likeness (QED) is 0.839. The molecule has 1 saturated carbocycles. The Morgan fingerprint density at radius 2 is 2.07 bits per heavy atom. The molecule has 0 bridgehead atoms. The number of rotatable bonds is 3. The minimum Gasteiger partial charge on any atom is -0.330 e. The van der Waals surface area contributed by atoms with Gasteiger partial charge in [0.15, 0.2) is 0 Å². The number of benzene rings is 1. The van der Waals surface area contributed by atoms with Crippen LogP contribution in [0.25, 0.3) is 10.1 Å². The zero-order valence-corrected chi connectivity index (χ0v) is 9.52. The predicted octanol–water partition coefficient (Wildman–Crippen LogP) is 3.28. The van der Waals surface area contributed by atoms with Crippen LogP contribution >= 0.6 is 11.3 Å². The summed E-state index contributed by atoms with van der Waals surface area (Å²) < 4.78 is 1.41. The van der Waals surface area contributed by atoms with E-state index in [-0.39, 0.29) is 0 Å². The second-order valence-electron chi connectivity index (χ2n) is 4.47. The average Bonchev–Trinajstić information content (AvgIpc) is 2.91. The number of nitrogens with two attached hydrogens (primary N) is 1. The number of thiophene rings is 1. The van der Waals surface area contributed by atoms with E-state index in [1.807, 2.05) is 11.3 Å². The van der Waals surface area contributed by atoms with E-state index in [2.05, 4.69) is 30.3 Å². The topological polar surface area (TPSA) is 26.0 Å². The standard InChI is InChI=1S/C13H15NS/c14-8-7-13(5-6-13)12-9-10-3-1-2-4-11(10)15-12/h1-4,9H,5-8,14H2. The molecule has 78 valence electrons. The third kappa shape index (κ3) is 1.48. The van der Waals surface area contributed by atoms with Crippen molar-refractivity contribution in [3.8, 4) is 0 Å². The molecule has 1 nitrogen and oxygen atoms in total. The van der Waals surface area contributed by atoms with Crippen molar-refractivity contribution in [1.82, 2.24) is 0 Å². The third-order valence-corrected chi connectivity index (χ3v) is 4.79. The van der Waals surface area contributed by atoms with Crippen LogP contribution in [0.15, 0.2) is 30.3 Å². The molecule has 2 heteroatoms. The molecular formula is C13H15NS. The SMILES string of the molecule is NCCC1(c2cc3ccccc3s2)CC1. The van der Waals surface area contributed by atoms with E-state index in [4.69, 9.17) is 5.73 Å². The van der Waals surface area contributed by atoms with Crippen molar-refractivity contribution in [2.45, 2.75) is 24.7 Å². The fraction of sp³-hybridized carbons (Fsp3) is 0.385. The Balaban J connectivity index is 2.05. The summed E-state index contributed by atoms with van der Waals surface area (Å²) in [4.78, 5) is 1.55. The van der Waals surface area contributed by atoms with E-state index in [1.165, 1.54) is 22.9 Å². The monoisotopic (exact) mass is 217 g/mol. The summed E-state index contributed by atoms with van der Waals surface area (Å²) in [6.45, 7) is 0.814. The predicted molar refractivity (Wildman–Crippen MR) is 66.4 cm³/mol. The Morgan fingerprint density at radius 1 is 1.27 bits per heavy atom. The molecule has 1 fully saturated rings. The van der Waals surface area contributed by atoms with Gasteiger partial charge in [0.2, 0.25) is 0 Å². The fourth-order valence-electron chi connectivity index (χ4n) is 2.29. The molecule has 0 spiro atoms. The van der Waals surface area contributed by atoms with Gasteiger partial charge in [0.1, 0.15) is 0 Å². The molecule has 3 rings (SSSR count). The molecule has 0 amide bonds. The second kappa shape index (κ2) is 3.32. The molecule has 15 heavy (non-hydrogen) atoms. The number of hydrogen-bond donors (Lipinski definition) is 1. The summed E-state index contributed by atoms with van der Waals surface area (Å²) in [6, 6.07) is 11.0. The summed E-state index contributed by atoms with van der Waals surface area (Å²) in [5, 5.41) is 1.39. The minimum atomic E-state index is 0.457. The first-order valence-electron chi connectivity index (χ1n) is 5.53. The zero-order valence-electron chi connectivity index (χ0n) is 8.70. The Morgan fingerprint density at radius 3 is 2.73 bits per heavy atom. The maximum atomic E-state index is 5.69. The van der Waals surface area contributed by atoms with Crippen molar-refractivity contribution < 1.29 is 0 Å². The van der Waals surface area contributed by atoms with Crippen LogP contribution in [-0.4, -0.2) is 6.54 Å².